The molecule has 0 amide bonds. The van der Waals surface area contributed by atoms with E-state index in [4.69, 9.17) is 0 Å². The van der Waals surface area contributed by atoms with Gasteiger partial charge < -0.3 is 5.32 Å². The average Bonchev–Trinajstić information content (AvgIpc) is 2.93. The summed E-state index contributed by atoms with van der Waals surface area (Å²) in [5.74, 6) is 0.795. The maximum absolute atomic E-state index is 3.99. The molecule has 0 fully saturated rings. The zero-order chi connectivity index (χ0) is 14.9. The predicted molar refractivity (Wildman–Crippen MR) is 85.8 cm³/mol. The number of anilines is 1. The highest BCUT2D eigenvalue weighted by Crippen LogP contribution is 2.15. The Bertz CT molecular complexity index is 535. The SMILES string of the molecule is CCCCCCCCNc1cccc(-n2nnnc2C)c1. The van der Waals surface area contributed by atoms with Gasteiger partial charge in [0.15, 0.2) is 5.82 Å². The maximum atomic E-state index is 3.99. The van der Waals surface area contributed by atoms with Crippen molar-refractivity contribution in [3.8, 4) is 5.69 Å². The molecule has 114 valence electrons. The highest BCUT2D eigenvalue weighted by molar-refractivity contribution is 5.50. The van der Waals surface area contributed by atoms with Crippen LogP contribution in [0.3, 0.4) is 0 Å². The summed E-state index contributed by atoms with van der Waals surface area (Å²) in [5, 5.41) is 15.1. The molecule has 5 heteroatoms. The van der Waals surface area contributed by atoms with Crippen LogP contribution in [0, 0.1) is 6.92 Å². The standard InChI is InChI=1S/C16H25N5/c1-3-4-5-6-7-8-12-17-15-10-9-11-16(13-15)21-14(2)18-19-20-21/h9-11,13,17H,3-8,12H2,1-2H3. The molecule has 1 aromatic heterocycles. The van der Waals surface area contributed by atoms with Crippen LogP contribution in [0.25, 0.3) is 5.69 Å². The van der Waals surface area contributed by atoms with Crippen LogP contribution in [0.5, 0.6) is 0 Å². The lowest BCUT2D eigenvalue weighted by atomic mass is 10.1. The Balaban J connectivity index is 1.78. The molecule has 2 rings (SSSR count). The summed E-state index contributed by atoms with van der Waals surface area (Å²) >= 11 is 0. The number of hydrogen-bond acceptors (Lipinski definition) is 4. The zero-order valence-electron chi connectivity index (χ0n) is 13.0. The fourth-order valence-electron chi connectivity index (χ4n) is 2.36. The first-order chi connectivity index (χ1) is 10.3. The summed E-state index contributed by atoms with van der Waals surface area (Å²) in [5.41, 5.74) is 2.11. The highest BCUT2D eigenvalue weighted by atomic mass is 15.5. The molecule has 0 aliphatic carbocycles. The monoisotopic (exact) mass is 287 g/mol. The fourth-order valence-corrected chi connectivity index (χ4v) is 2.36. The van der Waals surface area contributed by atoms with Gasteiger partial charge in [0.05, 0.1) is 5.69 Å². The van der Waals surface area contributed by atoms with E-state index in [2.05, 4.69) is 39.9 Å². The zero-order valence-corrected chi connectivity index (χ0v) is 13.0. The summed E-state index contributed by atoms with van der Waals surface area (Å²) in [6, 6.07) is 8.21. The van der Waals surface area contributed by atoms with Crippen LogP contribution < -0.4 is 5.32 Å². The molecule has 0 aliphatic heterocycles. The molecule has 0 spiro atoms. The van der Waals surface area contributed by atoms with E-state index in [0.29, 0.717) is 0 Å². The molecular formula is C16H25N5. The Morgan fingerprint density at radius 3 is 2.67 bits per heavy atom. The van der Waals surface area contributed by atoms with E-state index in [1.165, 1.54) is 38.5 Å². The van der Waals surface area contributed by atoms with Gasteiger partial charge in [0.1, 0.15) is 0 Å². The van der Waals surface area contributed by atoms with Crippen LogP contribution in [0.2, 0.25) is 0 Å². The summed E-state index contributed by atoms with van der Waals surface area (Å²) < 4.78 is 1.75. The lowest BCUT2D eigenvalue weighted by Crippen LogP contribution is -2.04. The van der Waals surface area contributed by atoms with Gasteiger partial charge in [0, 0.05) is 12.2 Å². The van der Waals surface area contributed by atoms with Crippen LogP contribution in [-0.2, 0) is 0 Å². The van der Waals surface area contributed by atoms with Crippen LogP contribution in [0.1, 0.15) is 51.3 Å². The molecule has 0 atom stereocenters. The average molecular weight is 287 g/mol. The van der Waals surface area contributed by atoms with Gasteiger partial charge >= 0.3 is 0 Å². The van der Waals surface area contributed by atoms with Crippen molar-refractivity contribution in [2.45, 2.75) is 52.4 Å². The lowest BCUT2D eigenvalue weighted by molar-refractivity contribution is 0.617. The van der Waals surface area contributed by atoms with Gasteiger partial charge in [-0.05, 0) is 42.0 Å². The Morgan fingerprint density at radius 2 is 1.90 bits per heavy atom. The third-order valence-corrected chi connectivity index (χ3v) is 3.58. The third kappa shape index (κ3) is 4.85. The van der Waals surface area contributed by atoms with E-state index in [0.717, 1.165) is 23.7 Å². The van der Waals surface area contributed by atoms with Crippen LogP contribution in [-0.4, -0.2) is 26.8 Å². The van der Waals surface area contributed by atoms with Crippen molar-refractivity contribution in [1.82, 2.24) is 20.2 Å². The Kier molecular flexibility index (Phi) is 6.19. The van der Waals surface area contributed by atoms with Crippen LogP contribution >= 0.6 is 0 Å². The second-order valence-electron chi connectivity index (χ2n) is 5.38. The van der Waals surface area contributed by atoms with E-state index in [-0.39, 0.29) is 0 Å². The molecule has 1 heterocycles. The van der Waals surface area contributed by atoms with Gasteiger partial charge in [0.25, 0.3) is 0 Å². The maximum Gasteiger partial charge on any atom is 0.153 e. The molecule has 0 saturated carbocycles. The Hall–Kier alpha value is -1.91. The first-order valence-electron chi connectivity index (χ1n) is 7.90. The van der Waals surface area contributed by atoms with E-state index in [1.807, 2.05) is 19.1 Å². The summed E-state index contributed by atoms with van der Waals surface area (Å²) in [4.78, 5) is 0. The molecule has 0 saturated heterocycles. The Labute approximate surface area is 126 Å². The van der Waals surface area contributed by atoms with Gasteiger partial charge in [0.2, 0.25) is 0 Å². The van der Waals surface area contributed by atoms with Crippen LogP contribution in [0.4, 0.5) is 5.69 Å². The number of tetrazole rings is 1. The summed E-state index contributed by atoms with van der Waals surface area (Å²) in [6.45, 7) is 5.17. The molecule has 5 nitrogen and oxygen atoms in total. The second-order valence-corrected chi connectivity index (χ2v) is 5.38. The number of hydrogen-bond donors (Lipinski definition) is 1. The van der Waals surface area contributed by atoms with E-state index < -0.39 is 0 Å². The minimum absolute atomic E-state index is 0.795. The molecular weight excluding hydrogens is 262 g/mol. The number of aromatic nitrogens is 4. The molecule has 0 unspecified atom stereocenters. The first-order valence-corrected chi connectivity index (χ1v) is 7.90. The van der Waals surface area contributed by atoms with Gasteiger partial charge in [-0.25, -0.2) is 0 Å². The highest BCUT2D eigenvalue weighted by Gasteiger charge is 2.03. The number of nitrogens with zero attached hydrogens (tertiary/aromatic N) is 4. The van der Waals surface area contributed by atoms with Gasteiger partial charge in [-0.15, -0.1) is 5.10 Å². The van der Waals surface area contributed by atoms with Crippen molar-refractivity contribution in [2.24, 2.45) is 0 Å². The fraction of sp³-hybridized carbons (Fsp3) is 0.562. The number of nitrogens with one attached hydrogen (secondary N) is 1. The minimum Gasteiger partial charge on any atom is -0.385 e. The summed E-state index contributed by atoms with van der Waals surface area (Å²) in [7, 11) is 0. The van der Waals surface area contributed by atoms with E-state index in [9.17, 15) is 0 Å². The number of benzene rings is 1. The Morgan fingerprint density at radius 1 is 1.10 bits per heavy atom. The van der Waals surface area contributed by atoms with Crippen molar-refractivity contribution in [3.05, 3.63) is 30.1 Å². The van der Waals surface area contributed by atoms with Crippen molar-refractivity contribution in [1.29, 1.82) is 0 Å². The quantitative estimate of drug-likeness (QED) is 0.714. The van der Waals surface area contributed by atoms with Gasteiger partial charge in [-0.3, -0.25) is 0 Å². The van der Waals surface area contributed by atoms with Crippen LogP contribution in [0.15, 0.2) is 24.3 Å². The molecule has 1 N–H and O–H groups in total. The van der Waals surface area contributed by atoms with Crippen molar-refractivity contribution < 1.29 is 0 Å². The predicted octanol–water partition coefficient (Wildman–Crippen LogP) is 3.74. The molecule has 21 heavy (non-hydrogen) atoms. The van der Waals surface area contributed by atoms with Gasteiger partial charge in [-0.2, -0.15) is 4.68 Å². The summed E-state index contributed by atoms with van der Waals surface area (Å²) in [6.07, 6.45) is 7.91. The normalized spacial score (nSPS) is 10.8. The van der Waals surface area contributed by atoms with Crippen molar-refractivity contribution in [2.75, 3.05) is 11.9 Å². The smallest absolute Gasteiger partial charge is 0.153 e. The molecule has 0 radical (unpaired) electrons. The first kappa shape index (κ1) is 15.5. The topological polar surface area (TPSA) is 55.6 Å². The van der Waals surface area contributed by atoms with E-state index in [1.54, 1.807) is 4.68 Å². The largest absolute Gasteiger partial charge is 0.385 e. The second kappa shape index (κ2) is 8.39. The van der Waals surface area contributed by atoms with E-state index >= 15 is 0 Å². The molecule has 0 aliphatic rings. The van der Waals surface area contributed by atoms with Crippen molar-refractivity contribution >= 4 is 5.69 Å². The van der Waals surface area contributed by atoms with Gasteiger partial charge in [-0.1, -0.05) is 45.1 Å². The van der Waals surface area contributed by atoms with Crippen molar-refractivity contribution in [3.63, 3.8) is 0 Å². The molecule has 2 aromatic rings. The third-order valence-electron chi connectivity index (χ3n) is 3.58. The minimum atomic E-state index is 0.795. The lowest BCUT2D eigenvalue weighted by Gasteiger charge is -2.08. The number of unbranched alkanes of at least 4 members (excludes halogenated alkanes) is 5. The number of aryl methyl sites for hydroxylation is 1. The number of rotatable bonds is 9. The molecule has 1 aromatic carbocycles. The molecule has 0 bridgehead atoms.